The van der Waals surface area contributed by atoms with E-state index in [2.05, 4.69) is 23.1 Å². The van der Waals surface area contributed by atoms with Crippen molar-refractivity contribution in [2.75, 3.05) is 65.0 Å². The standard InChI is InChI=1S/C12H26N2OS/c1-13(6-4-12-16-2)5-3-7-14-8-10-15-11-9-14/h3-12H2,1-2H3. The molecule has 0 N–H and O–H groups in total. The lowest BCUT2D eigenvalue weighted by Crippen LogP contribution is -2.38. The van der Waals surface area contributed by atoms with E-state index >= 15 is 0 Å². The summed E-state index contributed by atoms with van der Waals surface area (Å²) in [6.07, 6.45) is 4.78. The third-order valence-electron chi connectivity index (χ3n) is 3.01. The first-order valence-electron chi connectivity index (χ1n) is 6.30. The molecule has 0 aromatic heterocycles. The second-order valence-corrected chi connectivity index (χ2v) is 5.44. The van der Waals surface area contributed by atoms with Gasteiger partial charge in [-0.05, 0) is 51.5 Å². The monoisotopic (exact) mass is 246 g/mol. The first-order chi connectivity index (χ1) is 7.83. The molecule has 4 heteroatoms. The van der Waals surface area contributed by atoms with E-state index in [1.54, 1.807) is 0 Å². The molecule has 1 saturated heterocycles. The van der Waals surface area contributed by atoms with Crippen LogP contribution in [0.3, 0.4) is 0 Å². The Labute approximate surface area is 105 Å². The lowest BCUT2D eigenvalue weighted by atomic mass is 10.3. The van der Waals surface area contributed by atoms with E-state index in [0.29, 0.717) is 0 Å². The number of rotatable bonds is 8. The molecule has 0 spiro atoms. The maximum Gasteiger partial charge on any atom is 0.0594 e. The fraction of sp³-hybridized carbons (Fsp3) is 1.00. The third-order valence-corrected chi connectivity index (χ3v) is 3.70. The van der Waals surface area contributed by atoms with Crippen molar-refractivity contribution in [3.05, 3.63) is 0 Å². The van der Waals surface area contributed by atoms with Gasteiger partial charge in [0.2, 0.25) is 0 Å². The Kier molecular flexibility index (Phi) is 8.29. The summed E-state index contributed by atoms with van der Waals surface area (Å²) in [5, 5.41) is 0. The van der Waals surface area contributed by atoms with Crippen molar-refractivity contribution in [2.45, 2.75) is 12.8 Å². The fourth-order valence-corrected chi connectivity index (χ4v) is 2.40. The van der Waals surface area contributed by atoms with Gasteiger partial charge >= 0.3 is 0 Å². The summed E-state index contributed by atoms with van der Waals surface area (Å²) in [5.74, 6) is 1.29. The topological polar surface area (TPSA) is 15.7 Å². The van der Waals surface area contributed by atoms with E-state index in [-0.39, 0.29) is 0 Å². The molecule has 1 fully saturated rings. The van der Waals surface area contributed by atoms with Gasteiger partial charge in [-0.25, -0.2) is 0 Å². The number of nitrogens with zero attached hydrogens (tertiary/aromatic N) is 2. The summed E-state index contributed by atoms with van der Waals surface area (Å²) in [4.78, 5) is 4.97. The molecule has 0 aliphatic carbocycles. The van der Waals surface area contributed by atoms with Crippen LogP contribution in [0.25, 0.3) is 0 Å². The van der Waals surface area contributed by atoms with Crippen LogP contribution in [0.1, 0.15) is 12.8 Å². The van der Waals surface area contributed by atoms with Crippen LogP contribution in [-0.2, 0) is 4.74 Å². The highest BCUT2D eigenvalue weighted by Gasteiger charge is 2.09. The fourth-order valence-electron chi connectivity index (χ4n) is 1.98. The van der Waals surface area contributed by atoms with Crippen LogP contribution >= 0.6 is 11.8 Å². The van der Waals surface area contributed by atoms with Crippen LogP contribution in [0, 0.1) is 0 Å². The first kappa shape index (κ1) is 14.3. The second-order valence-electron chi connectivity index (χ2n) is 4.46. The van der Waals surface area contributed by atoms with Crippen LogP contribution in [0.15, 0.2) is 0 Å². The molecule has 16 heavy (non-hydrogen) atoms. The van der Waals surface area contributed by atoms with E-state index in [4.69, 9.17) is 4.74 Å². The molecule has 0 atom stereocenters. The largest absolute Gasteiger partial charge is 0.379 e. The van der Waals surface area contributed by atoms with Crippen molar-refractivity contribution in [3.8, 4) is 0 Å². The molecule has 0 aromatic rings. The molecule has 3 nitrogen and oxygen atoms in total. The third kappa shape index (κ3) is 6.74. The van der Waals surface area contributed by atoms with Crippen LogP contribution in [0.5, 0.6) is 0 Å². The molecule has 0 amide bonds. The summed E-state index contributed by atoms with van der Waals surface area (Å²) in [7, 11) is 2.24. The van der Waals surface area contributed by atoms with E-state index in [1.165, 1.54) is 38.2 Å². The lowest BCUT2D eigenvalue weighted by molar-refractivity contribution is 0.0364. The molecule has 1 heterocycles. The summed E-state index contributed by atoms with van der Waals surface area (Å²) in [5.41, 5.74) is 0. The maximum absolute atomic E-state index is 5.34. The number of hydrogen-bond acceptors (Lipinski definition) is 4. The molecule has 0 saturated carbocycles. The highest BCUT2D eigenvalue weighted by Crippen LogP contribution is 2.00. The highest BCUT2D eigenvalue weighted by molar-refractivity contribution is 7.98. The Morgan fingerprint density at radius 1 is 1.19 bits per heavy atom. The van der Waals surface area contributed by atoms with Crippen LogP contribution in [0.2, 0.25) is 0 Å². The predicted molar refractivity (Wildman–Crippen MR) is 72.4 cm³/mol. The van der Waals surface area contributed by atoms with Crippen molar-refractivity contribution in [2.24, 2.45) is 0 Å². The Morgan fingerprint density at radius 2 is 1.88 bits per heavy atom. The zero-order chi connectivity index (χ0) is 11.6. The molecule has 96 valence electrons. The van der Waals surface area contributed by atoms with E-state index < -0.39 is 0 Å². The SMILES string of the molecule is CSCCCN(C)CCCN1CCOCC1. The minimum Gasteiger partial charge on any atom is -0.379 e. The summed E-state index contributed by atoms with van der Waals surface area (Å²) in [6, 6.07) is 0. The van der Waals surface area contributed by atoms with Gasteiger partial charge in [-0.2, -0.15) is 11.8 Å². The molecule has 1 aliphatic rings. The van der Waals surface area contributed by atoms with Crippen molar-refractivity contribution in [3.63, 3.8) is 0 Å². The molecular formula is C12H26N2OS. The van der Waals surface area contributed by atoms with Gasteiger partial charge in [-0.3, -0.25) is 4.90 Å². The Bertz CT molecular complexity index is 163. The minimum atomic E-state index is 0.920. The smallest absolute Gasteiger partial charge is 0.0594 e. The molecule has 0 aromatic carbocycles. The van der Waals surface area contributed by atoms with Gasteiger partial charge in [0.25, 0.3) is 0 Å². The lowest BCUT2D eigenvalue weighted by Gasteiger charge is -2.27. The van der Waals surface area contributed by atoms with Crippen LogP contribution in [-0.4, -0.2) is 74.8 Å². The quantitative estimate of drug-likeness (QED) is 0.601. The Hall–Kier alpha value is 0.230. The molecule has 1 aliphatic heterocycles. The summed E-state index contributed by atoms with van der Waals surface area (Å²) < 4.78 is 5.34. The molecule has 0 bridgehead atoms. The van der Waals surface area contributed by atoms with Gasteiger partial charge in [0, 0.05) is 13.1 Å². The molecule has 0 unspecified atom stereocenters. The normalized spacial score (nSPS) is 18.2. The zero-order valence-electron chi connectivity index (χ0n) is 10.8. The molecule has 0 radical (unpaired) electrons. The molecule has 1 rings (SSSR count). The van der Waals surface area contributed by atoms with Crippen LogP contribution in [0.4, 0.5) is 0 Å². The summed E-state index contributed by atoms with van der Waals surface area (Å²) in [6.45, 7) is 7.78. The predicted octanol–water partition coefficient (Wildman–Crippen LogP) is 1.39. The van der Waals surface area contributed by atoms with Crippen molar-refractivity contribution >= 4 is 11.8 Å². The van der Waals surface area contributed by atoms with Gasteiger partial charge in [-0.1, -0.05) is 0 Å². The maximum atomic E-state index is 5.34. The zero-order valence-corrected chi connectivity index (χ0v) is 11.6. The number of ether oxygens (including phenoxy) is 1. The van der Waals surface area contributed by atoms with Gasteiger partial charge in [0.15, 0.2) is 0 Å². The van der Waals surface area contributed by atoms with E-state index in [0.717, 1.165) is 26.3 Å². The summed E-state index contributed by atoms with van der Waals surface area (Å²) >= 11 is 1.94. The van der Waals surface area contributed by atoms with Crippen LogP contribution < -0.4 is 0 Å². The average molecular weight is 246 g/mol. The molecular weight excluding hydrogens is 220 g/mol. The first-order valence-corrected chi connectivity index (χ1v) is 7.70. The van der Waals surface area contributed by atoms with Gasteiger partial charge in [0.05, 0.1) is 13.2 Å². The number of thioether (sulfide) groups is 1. The average Bonchev–Trinajstić information content (AvgIpc) is 2.31. The van der Waals surface area contributed by atoms with Gasteiger partial charge < -0.3 is 9.64 Å². The number of morpholine rings is 1. The Balaban J connectivity index is 1.92. The van der Waals surface area contributed by atoms with Crippen molar-refractivity contribution < 1.29 is 4.74 Å². The minimum absolute atomic E-state index is 0.920. The van der Waals surface area contributed by atoms with Gasteiger partial charge in [0.1, 0.15) is 0 Å². The van der Waals surface area contributed by atoms with Gasteiger partial charge in [-0.15, -0.1) is 0 Å². The highest BCUT2D eigenvalue weighted by atomic mass is 32.2. The van der Waals surface area contributed by atoms with Crippen molar-refractivity contribution in [1.82, 2.24) is 9.80 Å². The van der Waals surface area contributed by atoms with E-state index in [9.17, 15) is 0 Å². The van der Waals surface area contributed by atoms with E-state index in [1.807, 2.05) is 11.8 Å². The number of hydrogen-bond donors (Lipinski definition) is 0. The second kappa shape index (κ2) is 9.28. The van der Waals surface area contributed by atoms with Crippen molar-refractivity contribution in [1.29, 1.82) is 0 Å². The Morgan fingerprint density at radius 3 is 2.56 bits per heavy atom.